The Kier molecular flexibility index (Phi) is 3.57. The molecule has 16 heavy (non-hydrogen) atoms. The number of aliphatic carboxylic acids is 1. The van der Waals surface area contributed by atoms with Gasteiger partial charge in [0, 0.05) is 25.3 Å². The van der Waals surface area contributed by atoms with Crippen LogP contribution in [0.1, 0.15) is 13.3 Å². The molecule has 0 spiro atoms. The molecule has 0 bridgehead atoms. The second-order valence-electron chi connectivity index (χ2n) is 4.18. The van der Waals surface area contributed by atoms with Gasteiger partial charge in [0.25, 0.3) is 0 Å². The summed E-state index contributed by atoms with van der Waals surface area (Å²) in [6.07, 6.45) is 1.04. The zero-order chi connectivity index (χ0) is 12.5. The summed E-state index contributed by atoms with van der Waals surface area (Å²) < 4.78 is 22.3. The molecule has 1 heterocycles. The van der Waals surface area contributed by atoms with Crippen molar-refractivity contribution in [1.82, 2.24) is 4.90 Å². The molecule has 0 aromatic heterocycles. The molecule has 1 atom stereocenters. The van der Waals surface area contributed by atoms with Gasteiger partial charge in [0.15, 0.2) is 9.84 Å². The number of hydrogen-bond acceptors (Lipinski definition) is 4. The van der Waals surface area contributed by atoms with E-state index in [1.807, 2.05) is 0 Å². The highest BCUT2D eigenvalue weighted by atomic mass is 32.2. The lowest BCUT2D eigenvalue weighted by Gasteiger charge is -2.39. The van der Waals surface area contributed by atoms with Crippen LogP contribution in [-0.2, 0) is 19.4 Å². The molecule has 0 aliphatic carbocycles. The van der Waals surface area contributed by atoms with Gasteiger partial charge in [0.05, 0.1) is 6.42 Å². The number of carbonyl (C=O) groups excluding carboxylic acids is 1. The molecule has 7 heteroatoms. The molecular weight excluding hydrogens is 234 g/mol. The predicted molar refractivity (Wildman–Crippen MR) is 56.6 cm³/mol. The van der Waals surface area contributed by atoms with Crippen LogP contribution in [0.3, 0.4) is 0 Å². The van der Waals surface area contributed by atoms with Crippen molar-refractivity contribution >= 4 is 21.7 Å². The van der Waals surface area contributed by atoms with Crippen molar-refractivity contribution in [3.63, 3.8) is 0 Å². The van der Waals surface area contributed by atoms with Crippen molar-refractivity contribution < 1.29 is 23.1 Å². The van der Waals surface area contributed by atoms with Crippen molar-refractivity contribution in [3.8, 4) is 0 Å². The van der Waals surface area contributed by atoms with Gasteiger partial charge in [-0.05, 0) is 6.92 Å². The van der Waals surface area contributed by atoms with Crippen molar-refractivity contribution in [1.29, 1.82) is 0 Å². The number of nitrogens with zero attached hydrogens (tertiary/aromatic N) is 1. The second-order valence-corrected chi connectivity index (χ2v) is 6.55. The Morgan fingerprint density at radius 1 is 1.44 bits per heavy atom. The van der Waals surface area contributed by atoms with Crippen LogP contribution < -0.4 is 0 Å². The van der Waals surface area contributed by atoms with E-state index in [9.17, 15) is 18.0 Å². The van der Waals surface area contributed by atoms with Gasteiger partial charge in [0.2, 0.25) is 5.91 Å². The molecule has 0 aromatic carbocycles. The van der Waals surface area contributed by atoms with Gasteiger partial charge >= 0.3 is 5.97 Å². The van der Waals surface area contributed by atoms with Crippen LogP contribution in [0.2, 0.25) is 0 Å². The van der Waals surface area contributed by atoms with Crippen LogP contribution in [0.5, 0.6) is 0 Å². The van der Waals surface area contributed by atoms with Crippen molar-refractivity contribution in [2.75, 3.05) is 19.3 Å². The molecule has 1 amide bonds. The molecule has 0 radical (unpaired) electrons. The third-order valence-electron chi connectivity index (χ3n) is 2.72. The van der Waals surface area contributed by atoms with Crippen LogP contribution in [0.25, 0.3) is 0 Å². The largest absolute Gasteiger partial charge is 0.481 e. The zero-order valence-electron chi connectivity index (χ0n) is 9.21. The van der Waals surface area contributed by atoms with Crippen LogP contribution in [-0.4, -0.2) is 54.9 Å². The van der Waals surface area contributed by atoms with Crippen molar-refractivity contribution in [2.45, 2.75) is 18.6 Å². The number of hydrogen-bond donors (Lipinski definition) is 1. The topological polar surface area (TPSA) is 91.8 Å². The molecule has 1 fully saturated rings. The molecule has 1 saturated heterocycles. The fourth-order valence-electron chi connectivity index (χ4n) is 1.57. The van der Waals surface area contributed by atoms with E-state index in [-0.39, 0.29) is 12.3 Å². The van der Waals surface area contributed by atoms with Gasteiger partial charge in [0.1, 0.15) is 5.25 Å². The third kappa shape index (κ3) is 2.94. The Morgan fingerprint density at radius 2 is 1.94 bits per heavy atom. The van der Waals surface area contributed by atoms with Gasteiger partial charge in [-0.1, -0.05) is 0 Å². The highest BCUT2D eigenvalue weighted by molar-refractivity contribution is 7.92. The first-order valence-electron chi connectivity index (χ1n) is 4.91. The Bertz CT molecular complexity index is 396. The van der Waals surface area contributed by atoms with Gasteiger partial charge < -0.3 is 10.0 Å². The third-order valence-corrected chi connectivity index (χ3v) is 4.21. The first kappa shape index (κ1) is 13.0. The molecule has 0 aromatic rings. The van der Waals surface area contributed by atoms with E-state index in [0.29, 0.717) is 13.1 Å². The molecule has 1 aliphatic heterocycles. The molecule has 1 rings (SSSR count). The average molecular weight is 249 g/mol. The number of carboxylic acid groups (broad SMARTS) is 1. The first-order chi connectivity index (χ1) is 7.21. The minimum atomic E-state index is -3.37. The predicted octanol–water partition coefficient (Wildman–Crippen LogP) is -0.647. The van der Waals surface area contributed by atoms with Gasteiger partial charge in [-0.3, -0.25) is 9.59 Å². The maximum Gasteiger partial charge on any atom is 0.303 e. The number of likely N-dealkylation sites (tertiary alicyclic amines) is 1. The average Bonchev–Trinajstić information content (AvgIpc) is 2.06. The fourth-order valence-corrected chi connectivity index (χ4v) is 2.08. The maximum atomic E-state index is 11.6. The summed E-state index contributed by atoms with van der Waals surface area (Å²) in [5.41, 5.74) is 0. The lowest BCUT2D eigenvalue weighted by Crippen LogP contribution is -2.54. The van der Waals surface area contributed by atoms with E-state index in [1.54, 1.807) is 0 Å². The molecule has 6 nitrogen and oxygen atoms in total. The minimum Gasteiger partial charge on any atom is -0.481 e. The van der Waals surface area contributed by atoms with E-state index in [2.05, 4.69) is 0 Å². The number of carboxylic acids is 1. The smallest absolute Gasteiger partial charge is 0.303 e. The summed E-state index contributed by atoms with van der Waals surface area (Å²) in [6.45, 7) is 2.03. The van der Waals surface area contributed by atoms with E-state index in [1.165, 1.54) is 11.8 Å². The van der Waals surface area contributed by atoms with E-state index < -0.39 is 27.0 Å². The van der Waals surface area contributed by atoms with Crippen molar-refractivity contribution in [2.24, 2.45) is 5.92 Å². The summed E-state index contributed by atoms with van der Waals surface area (Å²) in [6, 6.07) is 0. The summed E-state index contributed by atoms with van der Waals surface area (Å²) in [4.78, 5) is 23.4. The van der Waals surface area contributed by atoms with Crippen molar-refractivity contribution in [3.05, 3.63) is 0 Å². The Balaban J connectivity index is 2.47. The second kappa shape index (κ2) is 4.40. The van der Waals surface area contributed by atoms with Crippen LogP contribution in [0.15, 0.2) is 0 Å². The van der Waals surface area contributed by atoms with Gasteiger partial charge in [-0.2, -0.15) is 0 Å². The van der Waals surface area contributed by atoms with E-state index in [4.69, 9.17) is 5.11 Å². The number of amides is 1. The number of carbonyl (C=O) groups is 2. The van der Waals surface area contributed by atoms with Crippen LogP contribution in [0, 0.1) is 5.92 Å². The minimum absolute atomic E-state index is 0.0248. The summed E-state index contributed by atoms with van der Waals surface area (Å²) >= 11 is 0. The van der Waals surface area contributed by atoms with E-state index in [0.717, 1.165) is 6.26 Å². The lowest BCUT2D eigenvalue weighted by molar-refractivity contribution is -0.144. The molecule has 0 saturated carbocycles. The quantitative estimate of drug-likeness (QED) is 0.715. The summed E-state index contributed by atoms with van der Waals surface area (Å²) in [5, 5.41) is 7.47. The summed E-state index contributed by atoms with van der Waals surface area (Å²) in [5.74, 6) is -1.38. The SMILES string of the molecule is CC(C(=O)N1CC(CC(=O)O)C1)S(C)(=O)=O. The summed E-state index contributed by atoms with van der Waals surface area (Å²) in [7, 11) is -3.37. The molecule has 1 N–H and O–H groups in total. The Labute approximate surface area is 94.2 Å². The standard InChI is InChI=1S/C9H15NO5S/c1-6(16(2,14)15)9(13)10-4-7(5-10)3-8(11)12/h6-7H,3-5H2,1-2H3,(H,11,12). The highest BCUT2D eigenvalue weighted by Crippen LogP contribution is 2.21. The molecule has 1 unspecified atom stereocenters. The maximum absolute atomic E-state index is 11.6. The lowest BCUT2D eigenvalue weighted by atomic mass is 9.96. The monoisotopic (exact) mass is 249 g/mol. The molecular formula is C9H15NO5S. The first-order valence-corrected chi connectivity index (χ1v) is 6.86. The van der Waals surface area contributed by atoms with Gasteiger partial charge in [-0.15, -0.1) is 0 Å². The molecule has 92 valence electrons. The Hall–Kier alpha value is -1.11. The van der Waals surface area contributed by atoms with Gasteiger partial charge in [-0.25, -0.2) is 8.42 Å². The number of sulfone groups is 1. The highest BCUT2D eigenvalue weighted by Gasteiger charge is 2.36. The molecule has 1 aliphatic rings. The Morgan fingerprint density at radius 3 is 2.31 bits per heavy atom. The normalized spacial score (nSPS) is 19.0. The van der Waals surface area contributed by atoms with Crippen LogP contribution in [0.4, 0.5) is 0 Å². The van der Waals surface area contributed by atoms with E-state index >= 15 is 0 Å². The number of rotatable bonds is 4. The van der Waals surface area contributed by atoms with Crippen LogP contribution >= 0.6 is 0 Å². The fraction of sp³-hybridized carbons (Fsp3) is 0.778. The zero-order valence-corrected chi connectivity index (χ0v) is 10.0.